The molecule has 3 nitrogen and oxygen atoms in total. The number of rotatable bonds is 4. The summed E-state index contributed by atoms with van der Waals surface area (Å²) in [6.45, 7) is 7.42. The van der Waals surface area contributed by atoms with Crippen molar-refractivity contribution in [2.75, 3.05) is 19.7 Å². The molecule has 104 valence electrons. The Balaban J connectivity index is 1.88. The fourth-order valence-corrected chi connectivity index (χ4v) is 2.82. The van der Waals surface area contributed by atoms with Crippen molar-refractivity contribution in [2.24, 2.45) is 11.8 Å². The van der Waals surface area contributed by atoms with Gasteiger partial charge in [0, 0.05) is 13.1 Å². The predicted molar refractivity (Wildman–Crippen MR) is 75.6 cm³/mol. The van der Waals surface area contributed by atoms with Gasteiger partial charge in [-0.05, 0) is 31.4 Å². The molecule has 1 fully saturated rings. The molecule has 0 N–H and O–H groups in total. The van der Waals surface area contributed by atoms with E-state index < -0.39 is 0 Å². The fourth-order valence-electron chi connectivity index (χ4n) is 2.82. The van der Waals surface area contributed by atoms with Crippen LogP contribution in [0.15, 0.2) is 30.3 Å². The van der Waals surface area contributed by atoms with Crippen molar-refractivity contribution in [2.45, 2.75) is 26.8 Å². The molecule has 1 aromatic carbocycles. The molecular formula is C16H23NO2. The molecule has 0 spiro atoms. The van der Waals surface area contributed by atoms with Crippen LogP contribution in [0.1, 0.15) is 25.8 Å². The number of likely N-dealkylation sites (tertiary alicyclic amines) is 1. The van der Waals surface area contributed by atoms with E-state index in [1.165, 1.54) is 5.56 Å². The molecule has 0 aliphatic carbocycles. The van der Waals surface area contributed by atoms with Gasteiger partial charge >= 0.3 is 5.97 Å². The Hall–Kier alpha value is -1.35. The van der Waals surface area contributed by atoms with Gasteiger partial charge in [-0.2, -0.15) is 0 Å². The second kappa shape index (κ2) is 6.71. The largest absolute Gasteiger partial charge is 0.466 e. The molecule has 1 aliphatic rings. The SMILES string of the molecule is CCOC(=O)C1CCN(Cc2ccccc2)CC1C. The number of piperidine rings is 1. The number of ether oxygens (including phenoxy) is 1. The highest BCUT2D eigenvalue weighted by Crippen LogP contribution is 2.25. The van der Waals surface area contributed by atoms with E-state index in [2.05, 4.69) is 36.1 Å². The van der Waals surface area contributed by atoms with E-state index in [9.17, 15) is 4.79 Å². The van der Waals surface area contributed by atoms with E-state index in [1.54, 1.807) is 0 Å². The summed E-state index contributed by atoms with van der Waals surface area (Å²) < 4.78 is 5.15. The number of carbonyl (C=O) groups is 1. The number of hydrogen-bond acceptors (Lipinski definition) is 3. The summed E-state index contributed by atoms with van der Waals surface area (Å²) in [5.41, 5.74) is 1.34. The quantitative estimate of drug-likeness (QED) is 0.780. The minimum Gasteiger partial charge on any atom is -0.466 e. The highest BCUT2D eigenvalue weighted by Gasteiger charge is 2.32. The summed E-state index contributed by atoms with van der Waals surface area (Å²) in [5.74, 6) is 0.429. The number of nitrogens with zero attached hydrogens (tertiary/aromatic N) is 1. The molecule has 2 atom stereocenters. The van der Waals surface area contributed by atoms with Gasteiger partial charge in [0.05, 0.1) is 12.5 Å². The van der Waals surface area contributed by atoms with Gasteiger partial charge in [-0.1, -0.05) is 37.3 Å². The lowest BCUT2D eigenvalue weighted by molar-refractivity contribution is -0.151. The molecule has 1 aromatic rings. The summed E-state index contributed by atoms with van der Waals surface area (Å²) in [4.78, 5) is 14.3. The van der Waals surface area contributed by atoms with Crippen LogP contribution in [-0.4, -0.2) is 30.6 Å². The fraction of sp³-hybridized carbons (Fsp3) is 0.562. The highest BCUT2D eigenvalue weighted by molar-refractivity contribution is 5.72. The Morgan fingerprint density at radius 3 is 2.74 bits per heavy atom. The van der Waals surface area contributed by atoms with Crippen molar-refractivity contribution >= 4 is 5.97 Å². The molecule has 1 saturated heterocycles. The van der Waals surface area contributed by atoms with Crippen LogP contribution in [0.2, 0.25) is 0 Å². The molecule has 0 aromatic heterocycles. The van der Waals surface area contributed by atoms with Crippen LogP contribution in [0.25, 0.3) is 0 Å². The van der Waals surface area contributed by atoms with Crippen molar-refractivity contribution in [3.8, 4) is 0 Å². The van der Waals surface area contributed by atoms with Gasteiger partial charge in [-0.25, -0.2) is 0 Å². The third-order valence-electron chi connectivity index (χ3n) is 3.83. The Bertz CT molecular complexity index is 404. The number of esters is 1. The maximum Gasteiger partial charge on any atom is 0.309 e. The topological polar surface area (TPSA) is 29.5 Å². The first-order valence-electron chi connectivity index (χ1n) is 7.13. The minimum absolute atomic E-state index is 0.0191. The molecule has 1 aliphatic heterocycles. The Morgan fingerprint density at radius 1 is 1.37 bits per heavy atom. The van der Waals surface area contributed by atoms with E-state index in [4.69, 9.17) is 4.74 Å². The lowest BCUT2D eigenvalue weighted by Gasteiger charge is -2.35. The van der Waals surface area contributed by atoms with Crippen LogP contribution in [0, 0.1) is 11.8 Å². The van der Waals surface area contributed by atoms with E-state index in [0.29, 0.717) is 12.5 Å². The van der Waals surface area contributed by atoms with Gasteiger partial charge in [-0.3, -0.25) is 9.69 Å². The van der Waals surface area contributed by atoms with Crippen molar-refractivity contribution in [1.29, 1.82) is 0 Å². The molecule has 19 heavy (non-hydrogen) atoms. The van der Waals surface area contributed by atoms with Crippen LogP contribution >= 0.6 is 0 Å². The minimum atomic E-state index is -0.0191. The zero-order valence-electron chi connectivity index (χ0n) is 11.8. The van der Waals surface area contributed by atoms with Crippen LogP contribution in [0.3, 0.4) is 0 Å². The highest BCUT2D eigenvalue weighted by atomic mass is 16.5. The molecule has 1 heterocycles. The van der Waals surface area contributed by atoms with Gasteiger partial charge in [0.15, 0.2) is 0 Å². The van der Waals surface area contributed by atoms with Crippen LogP contribution < -0.4 is 0 Å². The second-order valence-corrected chi connectivity index (χ2v) is 5.35. The van der Waals surface area contributed by atoms with E-state index in [-0.39, 0.29) is 11.9 Å². The summed E-state index contributed by atoms with van der Waals surface area (Å²) in [6.07, 6.45) is 0.910. The first kappa shape index (κ1) is 14.1. The second-order valence-electron chi connectivity index (χ2n) is 5.35. The van der Waals surface area contributed by atoms with Gasteiger partial charge in [0.2, 0.25) is 0 Å². The third-order valence-corrected chi connectivity index (χ3v) is 3.83. The standard InChI is InChI=1S/C16H23NO2/c1-3-19-16(18)15-9-10-17(11-13(15)2)12-14-7-5-4-6-8-14/h4-8,13,15H,3,9-12H2,1-2H3. The Kier molecular flexibility index (Phi) is 4.97. The first-order valence-corrected chi connectivity index (χ1v) is 7.13. The van der Waals surface area contributed by atoms with Crippen LogP contribution in [-0.2, 0) is 16.1 Å². The van der Waals surface area contributed by atoms with E-state index >= 15 is 0 Å². The van der Waals surface area contributed by atoms with E-state index in [1.807, 2.05) is 13.0 Å². The Labute approximate surface area is 115 Å². The lowest BCUT2D eigenvalue weighted by Crippen LogP contribution is -2.42. The Morgan fingerprint density at radius 2 is 2.11 bits per heavy atom. The maximum atomic E-state index is 11.8. The van der Waals surface area contributed by atoms with Crippen LogP contribution in [0.4, 0.5) is 0 Å². The molecule has 0 saturated carbocycles. The summed E-state index contributed by atoms with van der Waals surface area (Å²) in [5, 5.41) is 0. The molecule has 0 radical (unpaired) electrons. The molecule has 0 amide bonds. The average molecular weight is 261 g/mol. The first-order chi connectivity index (χ1) is 9.20. The third kappa shape index (κ3) is 3.80. The number of carbonyl (C=O) groups excluding carboxylic acids is 1. The maximum absolute atomic E-state index is 11.8. The molecule has 3 heteroatoms. The normalized spacial score (nSPS) is 24.1. The van der Waals surface area contributed by atoms with Gasteiger partial charge < -0.3 is 4.74 Å². The number of hydrogen-bond donors (Lipinski definition) is 0. The molecule has 2 unspecified atom stereocenters. The molecule has 0 bridgehead atoms. The molecular weight excluding hydrogens is 238 g/mol. The van der Waals surface area contributed by atoms with Crippen molar-refractivity contribution in [3.63, 3.8) is 0 Å². The zero-order chi connectivity index (χ0) is 13.7. The van der Waals surface area contributed by atoms with Crippen LogP contribution in [0.5, 0.6) is 0 Å². The monoisotopic (exact) mass is 261 g/mol. The predicted octanol–water partition coefficient (Wildman–Crippen LogP) is 2.71. The summed E-state index contributed by atoms with van der Waals surface area (Å²) in [6, 6.07) is 10.5. The van der Waals surface area contributed by atoms with Gasteiger partial charge in [0.25, 0.3) is 0 Å². The number of benzene rings is 1. The van der Waals surface area contributed by atoms with Crippen molar-refractivity contribution in [1.82, 2.24) is 4.90 Å². The summed E-state index contributed by atoms with van der Waals surface area (Å²) in [7, 11) is 0. The summed E-state index contributed by atoms with van der Waals surface area (Å²) >= 11 is 0. The van der Waals surface area contributed by atoms with E-state index in [0.717, 1.165) is 26.1 Å². The molecule has 2 rings (SSSR count). The average Bonchev–Trinajstić information content (AvgIpc) is 2.40. The lowest BCUT2D eigenvalue weighted by atomic mass is 9.87. The van der Waals surface area contributed by atoms with Crippen molar-refractivity contribution < 1.29 is 9.53 Å². The van der Waals surface area contributed by atoms with Crippen molar-refractivity contribution in [3.05, 3.63) is 35.9 Å². The zero-order valence-corrected chi connectivity index (χ0v) is 11.8. The van der Waals surface area contributed by atoms with Gasteiger partial charge in [-0.15, -0.1) is 0 Å². The van der Waals surface area contributed by atoms with Gasteiger partial charge in [0.1, 0.15) is 0 Å². The smallest absolute Gasteiger partial charge is 0.309 e.